The molecule has 0 nitrogen and oxygen atoms in total. The van der Waals surface area contributed by atoms with Crippen LogP contribution in [0.1, 0.15) is 11.1 Å². The van der Waals surface area contributed by atoms with Crippen LogP contribution < -0.4 is 5.46 Å². The summed E-state index contributed by atoms with van der Waals surface area (Å²) in [6, 6.07) is 23.4. The lowest BCUT2D eigenvalue weighted by Crippen LogP contribution is -2.41. The SMILES string of the molecule is Fc1c(F)c(F)c(B2Cc3ccc4ccccc4c3-c3c(ccc4ccccc34)C2)c(F)c1F. The third-order valence-corrected chi connectivity index (χ3v) is 6.87. The lowest BCUT2D eigenvalue weighted by molar-refractivity contribution is 0.384. The standard InChI is InChI=1S/C28H16BF5/c30-24-23(25(31)27(33)28(34)26(24)32)29-13-17-11-9-15-5-1-3-7-19(15)21(17)22-18(14-29)12-10-16-6-2-4-8-20(16)22/h1-12H,13-14H2. The van der Waals surface area contributed by atoms with Crippen molar-refractivity contribution in [2.45, 2.75) is 12.6 Å². The molecular weight excluding hydrogens is 442 g/mol. The van der Waals surface area contributed by atoms with Crippen LogP contribution in [0.4, 0.5) is 22.0 Å². The molecule has 1 aliphatic heterocycles. The minimum Gasteiger partial charge on any atom is -0.204 e. The third kappa shape index (κ3) is 2.98. The highest BCUT2D eigenvalue weighted by atomic mass is 19.2. The van der Waals surface area contributed by atoms with Gasteiger partial charge in [-0.15, -0.1) is 0 Å². The van der Waals surface area contributed by atoms with Crippen molar-refractivity contribution in [3.05, 3.63) is 113 Å². The first kappa shape index (κ1) is 20.9. The van der Waals surface area contributed by atoms with Crippen molar-refractivity contribution >= 4 is 33.7 Å². The topological polar surface area (TPSA) is 0 Å². The molecular formula is C28H16BF5. The summed E-state index contributed by atoms with van der Waals surface area (Å²) in [6.07, 6.45) is 0.281. The molecule has 0 spiro atoms. The molecule has 0 fully saturated rings. The van der Waals surface area contributed by atoms with Crippen LogP contribution in [-0.4, -0.2) is 6.71 Å². The summed E-state index contributed by atoms with van der Waals surface area (Å²) in [5, 5.41) is 3.98. The number of rotatable bonds is 1. The zero-order valence-corrected chi connectivity index (χ0v) is 17.8. The van der Waals surface area contributed by atoms with E-state index in [-0.39, 0.29) is 12.6 Å². The second-order valence-corrected chi connectivity index (χ2v) is 8.73. The molecule has 5 aromatic carbocycles. The maximum absolute atomic E-state index is 14.9. The fourth-order valence-corrected chi connectivity index (χ4v) is 5.35. The van der Waals surface area contributed by atoms with E-state index in [1.54, 1.807) is 0 Å². The Morgan fingerprint density at radius 2 is 0.882 bits per heavy atom. The molecule has 0 atom stereocenters. The highest BCUT2D eigenvalue weighted by Crippen LogP contribution is 2.42. The molecule has 166 valence electrons. The number of benzene rings is 5. The lowest BCUT2D eigenvalue weighted by Gasteiger charge is -2.16. The average Bonchev–Trinajstić information content (AvgIpc) is 3.03. The van der Waals surface area contributed by atoms with E-state index in [4.69, 9.17) is 0 Å². The summed E-state index contributed by atoms with van der Waals surface area (Å²) in [7, 11) is 0. The predicted octanol–water partition coefficient (Wildman–Crippen LogP) is 6.93. The maximum Gasteiger partial charge on any atom is 0.200 e. The van der Waals surface area contributed by atoms with Crippen LogP contribution in [0, 0.1) is 29.1 Å². The van der Waals surface area contributed by atoms with E-state index >= 15 is 0 Å². The molecule has 0 N–H and O–H groups in total. The van der Waals surface area contributed by atoms with Crippen LogP contribution >= 0.6 is 0 Å². The van der Waals surface area contributed by atoms with E-state index in [1.807, 2.05) is 72.8 Å². The molecule has 0 aliphatic carbocycles. The molecule has 6 rings (SSSR count). The van der Waals surface area contributed by atoms with Crippen molar-refractivity contribution in [2.24, 2.45) is 0 Å². The zero-order chi connectivity index (χ0) is 23.6. The van der Waals surface area contributed by atoms with Crippen LogP contribution in [0.3, 0.4) is 0 Å². The minimum absolute atomic E-state index is 0.140. The van der Waals surface area contributed by atoms with Gasteiger partial charge in [0, 0.05) is 0 Å². The monoisotopic (exact) mass is 458 g/mol. The van der Waals surface area contributed by atoms with Crippen molar-refractivity contribution < 1.29 is 22.0 Å². The van der Waals surface area contributed by atoms with E-state index in [0.29, 0.717) is 0 Å². The minimum atomic E-state index is -2.13. The summed E-state index contributed by atoms with van der Waals surface area (Å²) in [5.41, 5.74) is 2.74. The first-order chi connectivity index (χ1) is 16.5. The normalized spacial score (nSPS) is 13.1. The average molecular weight is 458 g/mol. The summed E-state index contributed by atoms with van der Waals surface area (Å²) in [4.78, 5) is 0. The summed E-state index contributed by atoms with van der Waals surface area (Å²) < 4.78 is 71.7. The van der Waals surface area contributed by atoms with Gasteiger partial charge in [-0.1, -0.05) is 72.8 Å². The van der Waals surface area contributed by atoms with E-state index in [9.17, 15) is 22.0 Å². The third-order valence-electron chi connectivity index (χ3n) is 6.87. The Hall–Kier alpha value is -3.67. The van der Waals surface area contributed by atoms with Gasteiger partial charge < -0.3 is 0 Å². The molecule has 0 saturated carbocycles. The van der Waals surface area contributed by atoms with E-state index in [0.717, 1.165) is 43.8 Å². The Morgan fingerprint density at radius 1 is 0.471 bits per heavy atom. The van der Waals surface area contributed by atoms with Crippen molar-refractivity contribution in [1.29, 1.82) is 0 Å². The Bertz CT molecular complexity index is 1510. The molecule has 34 heavy (non-hydrogen) atoms. The first-order valence-electron chi connectivity index (χ1n) is 11.0. The van der Waals surface area contributed by atoms with Gasteiger partial charge in [0.25, 0.3) is 0 Å². The van der Waals surface area contributed by atoms with Gasteiger partial charge in [-0.05, 0) is 61.9 Å². The van der Waals surface area contributed by atoms with Gasteiger partial charge in [0.05, 0.1) is 0 Å². The van der Waals surface area contributed by atoms with Crippen molar-refractivity contribution in [2.75, 3.05) is 0 Å². The van der Waals surface area contributed by atoms with E-state index in [1.165, 1.54) is 0 Å². The van der Waals surface area contributed by atoms with E-state index < -0.39 is 41.3 Å². The van der Waals surface area contributed by atoms with E-state index in [2.05, 4.69) is 0 Å². The zero-order valence-electron chi connectivity index (χ0n) is 17.8. The van der Waals surface area contributed by atoms with Crippen LogP contribution in [-0.2, 0) is 12.6 Å². The fourth-order valence-electron chi connectivity index (χ4n) is 5.35. The van der Waals surface area contributed by atoms with Gasteiger partial charge in [-0.2, -0.15) is 0 Å². The van der Waals surface area contributed by atoms with Crippen molar-refractivity contribution in [1.82, 2.24) is 0 Å². The molecule has 6 heteroatoms. The van der Waals surface area contributed by atoms with Crippen LogP contribution in [0.25, 0.3) is 32.7 Å². The maximum atomic E-state index is 14.9. The molecule has 0 unspecified atom stereocenters. The number of hydrogen-bond acceptors (Lipinski definition) is 0. The predicted molar refractivity (Wildman–Crippen MR) is 126 cm³/mol. The first-order valence-corrected chi connectivity index (χ1v) is 11.0. The molecule has 0 bridgehead atoms. The largest absolute Gasteiger partial charge is 0.204 e. The van der Waals surface area contributed by atoms with Gasteiger partial charge in [0.1, 0.15) is 0 Å². The Labute approximate surface area is 192 Å². The molecule has 5 aromatic rings. The Balaban J connectivity index is 1.70. The number of halogens is 5. The molecule has 1 aliphatic rings. The van der Waals surface area contributed by atoms with Crippen LogP contribution in [0.2, 0.25) is 0 Å². The van der Waals surface area contributed by atoms with Gasteiger partial charge in [-0.25, -0.2) is 22.0 Å². The smallest absolute Gasteiger partial charge is 0.200 e. The van der Waals surface area contributed by atoms with Gasteiger partial charge in [-0.3, -0.25) is 0 Å². The van der Waals surface area contributed by atoms with Crippen molar-refractivity contribution in [3.8, 4) is 11.1 Å². The van der Waals surface area contributed by atoms with Gasteiger partial charge in [0.15, 0.2) is 35.8 Å². The summed E-state index contributed by atoms with van der Waals surface area (Å²) in [6.45, 7) is -0.924. The van der Waals surface area contributed by atoms with Crippen LogP contribution in [0.15, 0.2) is 72.8 Å². The van der Waals surface area contributed by atoms with Crippen molar-refractivity contribution in [3.63, 3.8) is 0 Å². The highest BCUT2D eigenvalue weighted by Gasteiger charge is 2.35. The van der Waals surface area contributed by atoms with Crippen LogP contribution in [0.5, 0.6) is 0 Å². The summed E-state index contributed by atoms with van der Waals surface area (Å²) in [5.74, 6) is -9.46. The summed E-state index contributed by atoms with van der Waals surface area (Å²) >= 11 is 0. The molecule has 1 heterocycles. The number of fused-ring (bicyclic) bond motifs is 7. The fraction of sp³-hybridized carbons (Fsp3) is 0.0714. The number of hydrogen-bond donors (Lipinski definition) is 0. The molecule has 0 saturated heterocycles. The van der Waals surface area contributed by atoms with Gasteiger partial charge in [0.2, 0.25) is 0 Å². The van der Waals surface area contributed by atoms with Gasteiger partial charge >= 0.3 is 0 Å². The quantitative estimate of drug-likeness (QED) is 0.111. The molecule has 0 amide bonds. The highest BCUT2D eigenvalue weighted by molar-refractivity contribution is 6.72. The Morgan fingerprint density at radius 3 is 1.35 bits per heavy atom. The Kier molecular flexibility index (Phi) is 4.73. The second kappa shape index (κ2) is 7.69. The molecule has 0 radical (unpaired) electrons. The second-order valence-electron chi connectivity index (χ2n) is 8.73. The molecule has 0 aromatic heterocycles. The lowest BCUT2D eigenvalue weighted by atomic mass is 9.39.